The third-order valence-corrected chi connectivity index (χ3v) is 3.52. The minimum absolute atomic E-state index is 0.149. The van der Waals surface area contributed by atoms with Crippen molar-refractivity contribution in [3.05, 3.63) is 53.1 Å². The highest BCUT2D eigenvalue weighted by atomic mass is 35.5. The van der Waals surface area contributed by atoms with E-state index in [4.69, 9.17) is 25.8 Å². The molecule has 0 saturated carbocycles. The maximum absolute atomic E-state index is 12.0. The molecule has 0 spiro atoms. The Kier molecular flexibility index (Phi) is 4.39. The molecule has 3 rings (SSSR count). The van der Waals surface area contributed by atoms with E-state index in [0.717, 1.165) is 5.56 Å². The van der Waals surface area contributed by atoms with Gasteiger partial charge in [-0.2, -0.15) is 0 Å². The van der Waals surface area contributed by atoms with E-state index in [0.29, 0.717) is 28.0 Å². The van der Waals surface area contributed by atoms with Crippen LogP contribution in [0.5, 0.6) is 17.2 Å². The number of para-hydroxylation sites is 2. The highest BCUT2D eigenvalue weighted by Gasteiger charge is 2.17. The molecule has 0 aromatic heterocycles. The van der Waals surface area contributed by atoms with E-state index in [1.165, 1.54) is 6.08 Å². The summed E-state index contributed by atoms with van der Waals surface area (Å²) < 4.78 is 15.7. The van der Waals surface area contributed by atoms with Crippen molar-refractivity contribution < 1.29 is 19.0 Å². The molecule has 1 N–H and O–H groups in total. The van der Waals surface area contributed by atoms with Gasteiger partial charge in [0, 0.05) is 6.08 Å². The van der Waals surface area contributed by atoms with E-state index >= 15 is 0 Å². The molecule has 1 aliphatic heterocycles. The van der Waals surface area contributed by atoms with Crippen molar-refractivity contribution in [3.8, 4) is 17.2 Å². The topological polar surface area (TPSA) is 56.8 Å². The van der Waals surface area contributed by atoms with E-state index in [1.807, 2.05) is 12.1 Å². The van der Waals surface area contributed by atoms with Gasteiger partial charge in [-0.05, 0) is 35.9 Å². The standard InChI is InChI=1S/C17H14ClNO4/c1-21-14-5-3-2-4-13(14)19-16(20)7-6-11-8-12(18)17-15(9-11)22-10-23-17/h2-9H,10H2,1H3,(H,19,20)/b7-6+. The number of rotatable bonds is 4. The molecule has 1 amide bonds. The number of ether oxygens (including phenoxy) is 3. The molecule has 6 heteroatoms. The minimum Gasteiger partial charge on any atom is -0.495 e. The molecular weight excluding hydrogens is 318 g/mol. The lowest BCUT2D eigenvalue weighted by Crippen LogP contribution is -2.08. The number of amides is 1. The molecular formula is C17H14ClNO4. The summed E-state index contributed by atoms with van der Waals surface area (Å²) in [5, 5.41) is 3.21. The van der Waals surface area contributed by atoms with Crippen LogP contribution >= 0.6 is 11.6 Å². The molecule has 118 valence electrons. The van der Waals surface area contributed by atoms with Crippen molar-refractivity contribution in [2.24, 2.45) is 0 Å². The summed E-state index contributed by atoms with van der Waals surface area (Å²) in [5.41, 5.74) is 1.35. The van der Waals surface area contributed by atoms with Crippen LogP contribution in [-0.4, -0.2) is 19.8 Å². The molecule has 0 saturated heterocycles. The number of benzene rings is 2. The Labute approximate surface area is 138 Å². The van der Waals surface area contributed by atoms with Gasteiger partial charge >= 0.3 is 0 Å². The van der Waals surface area contributed by atoms with Crippen molar-refractivity contribution in [2.75, 3.05) is 19.2 Å². The van der Waals surface area contributed by atoms with E-state index < -0.39 is 0 Å². The van der Waals surface area contributed by atoms with Crippen LogP contribution in [0.15, 0.2) is 42.5 Å². The van der Waals surface area contributed by atoms with Crippen LogP contribution in [-0.2, 0) is 4.79 Å². The first-order valence-corrected chi connectivity index (χ1v) is 7.26. The predicted molar refractivity (Wildman–Crippen MR) is 88.2 cm³/mol. The number of hydrogen-bond donors (Lipinski definition) is 1. The number of halogens is 1. The third kappa shape index (κ3) is 3.40. The second-order valence-electron chi connectivity index (χ2n) is 4.76. The highest BCUT2D eigenvalue weighted by molar-refractivity contribution is 6.32. The summed E-state index contributed by atoms with van der Waals surface area (Å²) in [6.07, 6.45) is 3.07. The molecule has 0 fully saturated rings. The molecule has 5 nitrogen and oxygen atoms in total. The second kappa shape index (κ2) is 6.62. The average Bonchev–Trinajstić information content (AvgIpc) is 3.02. The number of carbonyl (C=O) groups excluding carboxylic acids is 1. The zero-order chi connectivity index (χ0) is 16.2. The lowest BCUT2D eigenvalue weighted by molar-refractivity contribution is -0.111. The van der Waals surface area contributed by atoms with E-state index in [1.54, 1.807) is 37.5 Å². The molecule has 2 aromatic carbocycles. The smallest absolute Gasteiger partial charge is 0.248 e. The van der Waals surface area contributed by atoms with Crippen LogP contribution in [0.25, 0.3) is 6.08 Å². The van der Waals surface area contributed by atoms with Crippen molar-refractivity contribution in [3.63, 3.8) is 0 Å². The Morgan fingerprint density at radius 2 is 2.13 bits per heavy atom. The van der Waals surface area contributed by atoms with Crippen molar-refractivity contribution in [1.82, 2.24) is 0 Å². The largest absolute Gasteiger partial charge is 0.495 e. The van der Waals surface area contributed by atoms with Gasteiger partial charge in [-0.25, -0.2) is 0 Å². The Morgan fingerprint density at radius 1 is 1.30 bits per heavy atom. The minimum atomic E-state index is -0.275. The number of methoxy groups -OCH3 is 1. The van der Waals surface area contributed by atoms with Gasteiger partial charge < -0.3 is 19.5 Å². The van der Waals surface area contributed by atoms with Crippen LogP contribution in [0.1, 0.15) is 5.56 Å². The van der Waals surface area contributed by atoms with Crippen molar-refractivity contribution >= 4 is 29.3 Å². The number of anilines is 1. The van der Waals surface area contributed by atoms with Crippen molar-refractivity contribution in [1.29, 1.82) is 0 Å². The Morgan fingerprint density at radius 3 is 2.96 bits per heavy atom. The van der Waals surface area contributed by atoms with Crippen molar-refractivity contribution in [2.45, 2.75) is 0 Å². The maximum atomic E-state index is 12.0. The summed E-state index contributed by atoms with van der Waals surface area (Å²) in [6.45, 7) is 0.149. The normalized spacial score (nSPS) is 12.4. The van der Waals surface area contributed by atoms with Gasteiger partial charge in [0.2, 0.25) is 12.7 Å². The zero-order valence-electron chi connectivity index (χ0n) is 12.3. The summed E-state index contributed by atoms with van der Waals surface area (Å²) in [5.74, 6) is 1.42. The van der Waals surface area contributed by atoms with Gasteiger partial charge in [0.1, 0.15) is 5.75 Å². The Hall–Kier alpha value is -2.66. The molecule has 0 bridgehead atoms. The average molecular weight is 332 g/mol. The van der Waals surface area contributed by atoms with Crippen LogP contribution in [0, 0.1) is 0 Å². The lowest BCUT2D eigenvalue weighted by atomic mass is 10.2. The molecule has 0 atom stereocenters. The molecule has 1 aliphatic rings. The third-order valence-electron chi connectivity index (χ3n) is 3.24. The van der Waals surface area contributed by atoms with Gasteiger partial charge in [-0.15, -0.1) is 0 Å². The Bertz CT molecular complexity index is 773. The number of carbonyl (C=O) groups is 1. The quantitative estimate of drug-likeness (QED) is 0.867. The molecule has 0 unspecified atom stereocenters. The first kappa shape index (κ1) is 15.2. The molecule has 1 heterocycles. The monoisotopic (exact) mass is 331 g/mol. The fourth-order valence-electron chi connectivity index (χ4n) is 2.18. The van der Waals surface area contributed by atoms with Gasteiger partial charge in [-0.3, -0.25) is 4.79 Å². The van der Waals surface area contributed by atoms with E-state index in [2.05, 4.69) is 5.32 Å². The maximum Gasteiger partial charge on any atom is 0.248 e. The number of hydrogen-bond acceptors (Lipinski definition) is 4. The van der Waals surface area contributed by atoms with Gasteiger partial charge in [0.15, 0.2) is 11.5 Å². The van der Waals surface area contributed by atoms with Crippen LogP contribution in [0.2, 0.25) is 5.02 Å². The van der Waals surface area contributed by atoms with E-state index in [-0.39, 0.29) is 12.7 Å². The Balaban J connectivity index is 1.73. The first-order chi connectivity index (χ1) is 11.2. The molecule has 23 heavy (non-hydrogen) atoms. The van der Waals surface area contributed by atoms with Crippen LogP contribution < -0.4 is 19.5 Å². The predicted octanol–water partition coefficient (Wildman–Crippen LogP) is 3.73. The van der Waals surface area contributed by atoms with Gasteiger partial charge in [-0.1, -0.05) is 23.7 Å². The van der Waals surface area contributed by atoms with Crippen LogP contribution in [0.4, 0.5) is 5.69 Å². The van der Waals surface area contributed by atoms with Crippen LogP contribution in [0.3, 0.4) is 0 Å². The molecule has 0 radical (unpaired) electrons. The molecule has 0 aliphatic carbocycles. The molecule has 2 aromatic rings. The zero-order valence-corrected chi connectivity index (χ0v) is 13.1. The second-order valence-corrected chi connectivity index (χ2v) is 5.17. The van der Waals surface area contributed by atoms with E-state index in [9.17, 15) is 4.79 Å². The summed E-state index contributed by atoms with van der Waals surface area (Å²) in [6, 6.07) is 10.7. The number of fused-ring (bicyclic) bond motifs is 1. The van der Waals surface area contributed by atoms with Gasteiger partial charge in [0.05, 0.1) is 17.8 Å². The lowest BCUT2D eigenvalue weighted by Gasteiger charge is -2.07. The fraction of sp³-hybridized carbons (Fsp3) is 0.118. The SMILES string of the molecule is COc1ccccc1NC(=O)/C=C/c1cc(Cl)c2c(c1)OCO2. The highest BCUT2D eigenvalue weighted by Crippen LogP contribution is 2.40. The number of nitrogens with one attached hydrogen (secondary N) is 1. The van der Waals surface area contributed by atoms with Gasteiger partial charge in [0.25, 0.3) is 0 Å². The first-order valence-electron chi connectivity index (χ1n) is 6.88. The fourth-order valence-corrected chi connectivity index (χ4v) is 2.45. The summed E-state index contributed by atoms with van der Waals surface area (Å²) in [7, 11) is 1.55. The summed E-state index contributed by atoms with van der Waals surface area (Å²) in [4.78, 5) is 12.0. The summed E-state index contributed by atoms with van der Waals surface area (Å²) >= 11 is 6.10.